The molecule has 1 aromatic carbocycles. The van der Waals surface area contributed by atoms with Gasteiger partial charge in [-0.3, -0.25) is 9.69 Å². The molecule has 138 valence electrons. The molecule has 3 rings (SSSR count). The molecule has 0 aliphatic carbocycles. The van der Waals surface area contributed by atoms with Gasteiger partial charge in [0.15, 0.2) is 0 Å². The summed E-state index contributed by atoms with van der Waals surface area (Å²) in [5.74, 6) is 1.50. The van der Waals surface area contributed by atoms with E-state index in [2.05, 4.69) is 34.0 Å². The summed E-state index contributed by atoms with van der Waals surface area (Å²) in [5.41, 5.74) is 0.740. The van der Waals surface area contributed by atoms with Gasteiger partial charge in [0.1, 0.15) is 5.82 Å². The highest BCUT2D eigenvalue weighted by molar-refractivity contribution is 5.85. The van der Waals surface area contributed by atoms with Crippen LogP contribution < -0.4 is 10.9 Å². The summed E-state index contributed by atoms with van der Waals surface area (Å²) in [6.45, 7) is 8.50. The number of H-pyrrole nitrogens is 1. The van der Waals surface area contributed by atoms with Crippen LogP contribution in [0.15, 0.2) is 29.1 Å². The molecule has 1 aliphatic rings. The van der Waals surface area contributed by atoms with Gasteiger partial charge in [0.05, 0.1) is 17.4 Å². The molecule has 0 amide bonds. The van der Waals surface area contributed by atoms with Gasteiger partial charge in [-0.25, -0.2) is 4.98 Å². The quantitative estimate of drug-likeness (QED) is 0.827. The number of hydrogen-bond acceptors (Lipinski definition) is 4. The second-order valence-electron chi connectivity index (χ2n) is 6.91. The van der Waals surface area contributed by atoms with Gasteiger partial charge in [-0.1, -0.05) is 19.1 Å². The van der Waals surface area contributed by atoms with Crippen molar-refractivity contribution in [3.8, 4) is 0 Å². The van der Waals surface area contributed by atoms with Crippen LogP contribution in [0.2, 0.25) is 0 Å². The van der Waals surface area contributed by atoms with E-state index in [1.54, 1.807) is 0 Å². The number of rotatable bonds is 6. The zero-order valence-electron chi connectivity index (χ0n) is 15.1. The normalized spacial score (nSPS) is 16.8. The third kappa shape index (κ3) is 5.03. The molecule has 0 spiro atoms. The van der Waals surface area contributed by atoms with Crippen LogP contribution in [0, 0.1) is 5.92 Å². The summed E-state index contributed by atoms with van der Waals surface area (Å²) in [5, 5.41) is 4.09. The lowest BCUT2D eigenvalue weighted by Gasteiger charge is -2.33. The number of nitrogens with zero attached hydrogens (tertiary/aromatic N) is 2. The predicted octanol–water partition coefficient (Wildman–Crippen LogP) is 2.95. The Balaban J connectivity index is 0.00000225. The molecule has 2 heterocycles. The SMILES string of the molecule is CCC(C)N(Cc1nc2ccccc2c(=O)[nH]1)CC1CCNCC1.Cl. The van der Waals surface area contributed by atoms with E-state index in [1.807, 2.05) is 24.3 Å². The molecule has 6 heteroatoms. The maximum absolute atomic E-state index is 12.3. The standard InChI is InChI=1S/C19H28N4O.ClH/c1-3-14(2)23(12-15-8-10-20-11-9-15)13-18-21-17-7-5-4-6-16(17)19(24)22-18;/h4-7,14-15,20H,3,8-13H2,1-2H3,(H,21,22,24);1H. The van der Waals surface area contributed by atoms with Gasteiger partial charge in [0.25, 0.3) is 5.56 Å². The van der Waals surface area contributed by atoms with E-state index in [-0.39, 0.29) is 18.0 Å². The fourth-order valence-electron chi connectivity index (χ4n) is 3.46. The van der Waals surface area contributed by atoms with Crippen LogP contribution >= 0.6 is 12.4 Å². The maximum atomic E-state index is 12.3. The van der Waals surface area contributed by atoms with Crippen LogP contribution in [0.4, 0.5) is 0 Å². The molecule has 1 unspecified atom stereocenters. The van der Waals surface area contributed by atoms with Gasteiger partial charge in [-0.15, -0.1) is 12.4 Å². The number of fused-ring (bicyclic) bond motifs is 1. The van der Waals surface area contributed by atoms with Gasteiger partial charge in [-0.05, 0) is 57.3 Å². The smallest absolute Gasteiger partial charge is 0.258 e. The zero-order valence-corrected chi connectivity index (χ0v) is 15.9. The second-order valence-corrected chi connectivity index (χ2v) is 6.91. The highest BCUT2D eigenvalue weighted by atomic mass is 35.5. The van der Waals surface area contributed by atoms with Crippen molar-refractivity contribution in [1.29, 1.82) is 0 Å². The van der Waals surface area contributed by atoms with Crippen molar-refractivity contribution in [2.24, 2.45) is 5.92 Å². The molecule has 0 bridgehead atoms. The van der Waals surface area contributed by atoms with E-state index < -0.39 is 0 Å². The number of aromatic nitrogens is 2. The number of hydrogen-bond donors (Lipinski definition) is 2. The molecule has 1 fully saturated rings. The van der Waals surface area contributed by atoms with Gasteiger partial charge < -0.3 is 10.3 Å². The lowest BCUT2D eigenvalue weighted by molar-refractivity contribution is 0.146. The van der Waals surface area contributed by atoms with E-state index in [0.29, 0.717) is 18.0 Å². The average Bonchev–Trinajstić information content (AvgIpc) is 2.61. The van der Waals surface area contributed by atoms with Crippen molar-refractivity contribution in [1.82, 2.24) is 20.2 Å². The van der Waals surface area contributed by atoms with E-state index in [4.69, 9.17) is 0 Å². The molecular weight excluding hydrogens is 336 g/mol. The van der Waals surface area contributed by atoms with Gasteiger partial charge in [0, 0.05) is 12.6 Å². The van der Waals surface area contributed by atoms with Crippen LogP contribution in [0.5, 0.6) is 0 Å². The first kappa shape index (κ1) is 19.9. The van der Waals surface area contributed by atoms with Crippen LogP contribution in [-0.4, -0.2) is 40.5 Å². The minimum Gasteiger partial charge on any atom is -0.317 e. The number of halogens is 1. The van der Waals surface area contributed by atoms with Crippen molar-refractivity contribution >= 4 is 23.3 Å². The lowest BCUT2D eigenvalue weighted by atomic mass is 9.96. The molecule has 1 aromatic heterocycles. The Labute approximate surface area is 155 Å². The monoisotopic (exact) mass is 364 g/mol. The molecule has 1 saturated heterocycles. The van der Waals surface area contributed by atoms with E-state index in [9.17, 15) is 4.79 Å². The van der Waals surface area contributed by atoms with E-state index >= 15 is 0 Å². The van der Waals surface area contributed by atoms with Crippen molar-refractivity contribution < 1.29 is 0 Å². The third-order valence-corrected chi connectivity index (χ3v) is 5.18. The highest BCUT2D eigenvalue weighted by Crippen LogP contribution is 2.18. The molecule has 5 nitrogen and oxygen atoms in total. The Hall–Kier alpha value is -1.43. The van der Waals surface area contributed by atoms with Gasteiger partial charge in [0.2, 0.25) is 0 Å². The predicted molar refractivity (Wildman–Crippen MR) is 105 cm³/mol. The topological polar surface area (TPSA) is 61.0 Å². The minimum absolute atomic E-state index is 0. The van der Waals surface area contributed by atoms with Crippen molar-refractivity contribution in [3.05, 3.63) is 40.4 Å². The molecule has 0 radical (unpaired) electrons. The summed E-state index contributed by atoms with van der Waals surface area (Å²) in [6.07, 6.45) is 3.56. The first-order valence-electron chi connectivity index (χ1n) is 9.10. The molecule has 2 aromatic rings. The lowest BCUT2D eigenvalue weighted by Crippen LogP contribution is -2.40. The Kier molecular flexibility index (Phi) is 7.41. The Morgan fingerprint density at radius 3 is 2.72 bits per heavy atom. The molecule has 1 aliphatic heterocycles. The Bertz CT molecular complexity index is 727. The van der Waals surface area contributed by atoms with Crippen LogP contribution in [-0.2, 0) is 6.54 Å². The fourth-order valence-corrected chi connectivity index (χ4v) is 3.46. The summed E-state index contributed by atoms with van der Waals surface area (Å²) in [4.78, 5) is 22.4. The molecule has 0 saturated carbocycles. The summed E-state index contributed by atoms with van der Waals surface area (Å²) >= 11 is 0. The van der Waals surface area contributed by atoms with Crippen LogP contribution in [0.3, 0.4) is 0 Å². The summed E-state index contributed by atoms with van der Waals surface area (Å²) in [6, 6.07) is 8.03. The Morgan fingerprint density at radius 2 is 2.00 bits per heavy atom. The zero-order chi connectivity index (χ0) is 16.9. The summed E-state index contributed by atoms with van der Waals surface area (Å²) in [7, 11) is 0. The molecule has 25 heavy (non-hydrogen) atoms. The molecular formula is C19H29ClN4O. The van der Waals surface area contributed by atoms with E-state index in [0.717, 1.165) is 43.3 Å². The first-order chi connectivity index (χ1) is 11.7. The highest BCUT2D eigenvalue weighted by Gasteiger charge is 2.21. The van der Waals surface area contributed by atoms with Gasteiger partial charge >= 0.3 is 0 Å². The largest absolute Gasteiger partial charge is 0.317 e. The summed E-state index contributed by atoms with van der Waals surface area (Å²) < 4.78 is 0. The third-order valence-electron chi connectivity index (χ3n) is 5.18. The average molecular weight is 365 g/mol. The Morgan fingerprint density at radius 1 is 1.28 bits per heavy atom. The van der Waals surface area contributed by atoms with Crippen LogP contribution in [0.25, 0.3) is 10.9 Å². The molecule has 1 atom stereocenters. The number of aromatic amines is 1. The fraction of sp³-hybridized carbons (Fsp3) is 0.579. The van der Waals surface area contributed by atoms with Gasteiger partial charge in [-0.2, -0.15) is 0 Å². The van der Waals surface area contributed by atoms with Crippen LogP contribution in [0.1, 0.15) is 38.9 Å². The first-order valence-corrected chi connectivity index (χ1v) is 9.10. The number of benzene rings is 1. The van der Waals surface area contributed by atoms with Crippen molar-refractivity contribution in [2.45, 2.75) is 45.7 Å². The van der Waals surface area contributed by atoms with Crippen molar-refractivity contribution in [3.63, 3.8) is 0 Å². The van der Waals surface area contributed by atoms with E-state index in [1.165, 1.54) is 12.8 Å². The number of nitrogens with one attached hydrogen (secondary N) is 2. The van der Waals surface area contributed by atoms with Crippen molar-refractivity contribution in [2.75, 3.05) is 19.6 Å². The second kappa shape index (κ2) is 9.32. The molecule has 2 N–H and O–H groups in total. The maximum Gasteiger partial charge on any atom is 0.258 e. The number of para-hydroxylation sites is 1. The number of piperidine rings is 1. The minimum atomic E-state index is -0.0402.